The SMILES string of the molecule is CCc1c(C)nc2ccc(N(C)C)cc2c1Cl. The minimum atomic E-state index is 0.846. The molecule has 1 heterocycles. The van der Waals surface area contributed by atoms with E-state index in [4.69, 9.17) is 11.6 Å². The lowest BCUT2D eigenvalue weighted by atomic mass is 10.1. The molecule has 1 aromatic carbocycles. The number of aromatic nitrogens is 1. The largest absolute Gasteiger partial charge is 0.378 e. The van der Waals surface area contributed by atoms with Crippen molar-refractivity contribution in [3.05, 3.63) is 34.5 Å². The summed E-state index contributed by atoms with van der Waals surface area (Å²) in [4.78, 5) is 6.68. The van der Waals surface area contributed by atoms with Gasteiger partial charge in [0, 0.05) is 30.9 Å². The van der Waals surface area contributed by atoms with Crippen LogP contribution >= 0.6 is 11.6 Å². The molecule has 2 rings (SSSR count). The van der Waals surface area contributed by atoms with Crippen LogP contribution in [0.5, 0.6) is 0 Å². The van der Waals surface area contributed by atoms with Crippen LogP contribution in [0.4, 0.5) is 5.69 Å². The zero-order valence-electron chi connectivity index (χ0n) is 10.7. The second-order valence-corrected chi connectivity index (χ2v) is 4.82. The Balaban J connectivity index is 2.76. The molecule has 0 amide bonds. The first-order valence-corrected chi connectivity index (χ1v) is 6.18. The van der Waals surface area contributed by atoms with E-state index in [-0.39, 0.29) is 0 Å². The molecule has 0 N–H and O–H groups in total. The Morgan fingerprint density at radius 2 is 2.00 bits per heavy atom. The van der Waals surface area contributed by atoms with E-state index >= 15 is 0 Å². The smallest absolute Gasteiger partial charge is 0.0721 e. The van der Waals surface area contributed by atoms with Crippen LogP contribution in [0.3, 0.4) is 0 Å². The van der Waals surface area contributed by atoms with Crippen LogP contribution in [0.2, 0.25) is 5.02 Å². The standard InChI is InChI=1S/C14H17ClN2/c1-5-11-9(2)16-13-7-6-10(17(3)4)8-12(13)14(11)15/h6-8H,5H2,1-4H3. The van der Waals surface area contributed by atoms with Crippen LogP contribution in [0.15, 0.2) is 18.2 Å². The average Bonchev–Trinajstić information content (AvgIpc) is 2.29. The van der Waals surface area contributed by atoms with Crippen molar-refractivity contribution in [1.82, 2.24) is 4.98 Å². The summed E-state index contributed by atoms with van der Waals surface area (Å²) in [6.07, 6.45) is 0.916. The monoisotopic (exact) mass is 248 g/mol. The number of pyridine rings is 1. The molecule has 0 atom stereocenters. The number of halogens is 1. The van der Waals surface area contributed by atoms with Crippen molar-refractivity contribution >= 4 is 28.2 Å². The normalized spacial score (nSPS) is 10.9. The highest BCUT2D eigenvalue weighted by Gasteiger charge is 2.10. The fourth-order valence-corrected chi connectivity index (χ4v) is 2.48. The molecule has 0 fully saturated rings. The van der Waals surface area contributed by atoms with Gasteiger partial charge in [0.25, 0.3) is 0 Å². The van der Waals surface area contributed by atoms with Gasteiger partial charge in [-0.2, -0.15) is 0 Å². The highest BCUT2D eigenvalue weighted by atomic mass is 35.5. The topological polar surface area (TPSA) is 16.1 Å². The van der Waals surface area contributed by atoms with Gasteiger partial charge >= 0.3 is 0 Å². The number of benzene rings is 1. The number of nitrogens with zero attached hydrogens (tertiary/aromatic N) is 2. The van der Waals surface area contributed by atoms with E-state index in [2.05, 4.69) is 28.9 Å². The number of anilines is 1. The molecule has 90 valence electrons. The van der Waals surface area contributed by atoms with Crippen LogP contribution in [-0.2, 0) is 6.42 Å². The van der Waals surface area contributed by atoms with Gasteiger partial charge in [0.2, 0.25) is 0 Å². The van der Waals surface area contributed by atoms with Crippen molar-refractivity contribution in [2.45, 2.75) is 20.3 Å². The van der Waals surface area contributed by atoms with E-state index in [1.54, 1.807) is 0 Å². The first-order valence-electron chi connectivity index (χ1n) is 5.80. The predicted molar refractivity (Wildman–Crippen MR) is 75.2 cm³/mol. The third kappa shape index (κ3) is 2.09. The lowest BCUT2D eigenvalue weighted by Gasteiger charge is -2.15. The Labute approximate surface area is 107 Å². The van der Waals surface area contributed by atoms with Crippen molar-refractivity contribution in [2.75, 3.05) is 19.0 Å². The lowest BCUT2D eigenvalue weighted by molar-refractivity contribution is 1.07. The van der Waals surface area contributed by atoms with Gasteiger partial charge in [-0.1, -0.05) is 18.5 Å². The molecule has 0 saturated carbocycles. The zero-order valence-corrected chi connectivity index (χ0v) is 11.5. The summed E-state index contributed by atoms with van der Waals surface area (Å²) in [5, 5.41) is 1.89. The highest BCUT2D eigenvalue weighted by molar-refractivity contribution is 6.36. The molecule has 1 aromatic heterocycles. The quantitative estimate of drug-likeness (QED) is 0.803. The van der Waals surface area contributed by atoms with Crippen LogP contribution in [0.25, 0.3) is 10.9 Å². The molecule has 0 aliphatic carbocycles. The van der Waals surface area contributed by atoms with Crippen LogP contribution < -0.4 is 4.90 Å². The summed E-state index contributed by atoms with van der Waals surface area (Å²) in [6, 6.07) is 6.20. The molecule has 0 bridgehead atoms. The van der Waals surface area contributed by atoms with Gasteiger partial charge < -0.3 is 4.90 Å². The zero-order chi connectivity index (χ0) is 12.6. The molecule has 0 aliphatic heterocycles. The molecular formula is C14H17ClN2. The van der Waals surface area contributed by atoms with Gasteiger partial charge in [-0.05, 0) is 37.1 Å². The first kappa shape index (κ1) is 12.2. The fourth-order valence-electron chi connectivity index (χ4n) is 2.06. The number of aryl methyl sites for hydroxylation is 1. The Bertz CT molecular complexity index is 562. The molecule has 2 nitrogen and oxygen atoms in total. The number of fused-ring (bicyclic) bond motifs is 1. The summed E-state index contributed by atoms with van der Waals surface area (Å²) in [6.45, 7) is 4.13. The molecule has 2 aromatic rings. The summed E-state index contributed by atoms with van der Waals surface area (Å²) in [5.41, 5.74) is 4.29. The Kier molecular flexibility index (Phi) is 3.25. The molecule has 0 radical (unpaired) electrons. The van der Waals surface area contributed by atoms with Gasteiger partial charge in [0.1, 0.15) is 0 Å². The van der Waals surface area contributed by atoms with Crippen molar-refractivity contribution in [2.24, 2.45) is 0 Å². The maximum absolute atomic E-state index is 6.47. The molecule has 17 heavy (non-hydrogen) atoms. The van der Waals surface area contributed by atoms with E-state index in [0.29, 0.717) is 0 Å². The van der Waals surface area contributed by atoms with Crippen LogP contribution in [0.1, 0.15) is 18.2 Å². The summed E-state index contributed by atoms with van der Waals surface area (Å²) in [5.74, 6) is 0. The van der Waals surface area contributed by atoms with Crippen molar-refractivity contribution < 1.29 is 0 Å². The molecule has 0 spiro atoms. The maximum Gasteiger partial charge on any atom is 0.0721 e. The second-order valence-electron chi connectivity index (χ2n) is 4.44. The average molecular weight is 249 g/mol. The minimum absolute atomic E-state index is 0.846. The second kappa shape index (κ2) is 4.53. The fraction of sp³-hybridized carbons (Fsp3) is 0.357. The first-order chi connectivity index (χ1) is 8.04. The minimum Gasteiger partial charge on any atom is -0.378 e. The van der Waals surface area contributed by atoms with E-state index in [1.165, 1.54) is 0 Å². The van der Waals surface area contributed by atoms with E-state index in [0.717, 1.165) is 39.3 Å². The molecule has 0 aliphatic rings. The van der Waals surface area contributed by atoms with Gasteiger partial charge in [-0.3, -0.25) is 4.98 Å². The molecule has 0 saturated heterocycles. The number of hydrogen-bond acceptors (Lipinski definition) is 2. The van der Waals surface area contributed by atoms with Gasteiger partial charge in [0.15, 0.2) is 0 Å². The van der Waals surface area contributed by atoms with Crippen molar-refractivity contribution in [1.29, 1.82) is 0 Å². The summed E-state index contributed by atoms with van der Waals surface area (Å²) < 4.78 is 0. The predicted octanol–water partition coefficient (Wildman–Crippen LogP) is 3.83. The Morgan fingerprint density at radius 3 is 2.59 bits per heavy atom. The lowest BCUT2D eigenvalue weighted by Crippen LogP contribution is -2.08. The summed E-state index contributed by atoms with van der Waals surface area (Å²) in [7, 11) is 4.05. The molecule has 0 unspecified atom stereocenters. The maximum atomic E-state index is 6.47. The third-order valence-corrected chi connectivity index (χ3v) is 3.51. The molecule has 3 heteroatoms. The van der Waals surface area contributed by atoms with Crippen LogP contribution in [0, 0.1) is 6.92 Å². The Hall–Kier alpha value is -1.28. The number of hydrogen-bond donors (Lipinski definition) is 0. The highest BCUT2D eigenvalue weighted by Crippen LogP contribution is 2.30. The van der Waals surface area contributed by atoms with Gasteiger partial charge in [0.05, 0.1) is 10.5 Å². The van der Waals surface area contributed by atoms with Gasteiger partial charge in [-0.15, -0.1) is 0 Å². The molecular weight excluding hydrogens is 232 g/mol. The third-order valence-electron chi connectivity index (χ3n) is 3.08. The van der Waals surface area contributed by atoms with Crippen LogP contribution in [-0.4, -0.2) is 19.1 Å². The van der Waals surface area contributed by atoms with Crippen molar-refractivity contribution in [3.8, 4) is 0 Å². The Morgan fingerprint density at radius 1 is 1.29 bits per heavy atom. The van der Waals surface area contributed by atoms with Crippen molar-refractivity contribution in [3.63, 3.8) is 0 Å². The summed E-state index contributed by atoms with van der Waals surface area (Å²) >= 11 is 6.47. The van der Waals surface area contributed by atoms with E-state index in [1.807, 2.05) is 27.1 Å². The number of rotatable bonds is 2. The van der Waals surface area contributed by atoms with E-state index < -0.39 is 0 Å². The van der Waals surface area contributed by atoms with Gasteiger partial charge in [-0.25, -0.2) is 0 Å². The van der Waals surface area contributed by atoms with E-state index in [9.17, 15) is 0 Å².